The van der Waals surface area contributed by atoms with E-state index in [2.05, 4.69) is 5.32 Å². The molecule has 2 N–H and O–H groups in total. The lowest BCUT2D eigenvalue weighted by Gasteiger charge is -2.48. The molecule has 6 nitrogen and oxygen atoms in total. The summed E-state index contributed by atoms with van der Waals surface area (Å²) in [5.41, 5.74) is -2.05. The minimum Gasteiger partial charge on any atom is -0.481 e. The molecule has 27 heavy (non-hydrogen) atoms. The highest BCUT2D eigenvalue weighted by atomic mass is 16.5. The molecule has 0 radical (unpaired) electrons. The molecule has 1 aromatic carbocycles. The van der Waals surface area contributed by atoms with Gasteiger partial charge in [-0.1, -0.05) is 37.3 Å². The molecule has 1 saturated carbocycles. The summed E-state index contributed by atoms with van der Waals surface area (Å²) in [7, 11) is 1.29. The second-order valence-electron chi connectivity index (χ2n) is 8.50. The van der Waals surface area contributed by atoms with Crippen LogP contribution < -0.4 is 5.32 Å². The predicted octanol–water partition coefficient (Wildman–Crippen LogP) is 2.81. The van der Waals surface area contributed by atoms with E-state index in [1.54, 1.807) is 20.8 Å². The van der Waals surface area contributed by atoms with Crippen molar-refractivity contribution in [1.82, 2.24) is 5.32 Å². The molecule has 0 unspecified atom stereocenters. The molecule has 0 spiro atoms. The van der Waals surface area contributed by atoms with Gasteiger partial charge in [0.05, 0.1) is 17.9 Å². The maximum absolute atomic E-state index is 13.0. The van der Waals surface area contributed by atoms with Gasteiger partial charge in [-0.3, -0.25) is 14.4 Å². The summed E-state index contributed by atoms with van der Waals surface area (Å²) >= 11 is 0. The third-order valence-corrected chi connectivity index (χ3v) is 5.63. The summed E-state index contributed by atoms with van der Waals surface area (Å²) < 4.78 is 4.91. The fraction of sp³-hybridized carbons (Fsp3) is 0.571. The topological polar surface area (TPSA) is 92.7 Å². The van der Waals surface area contributed by atoms with Crippen molar-refractivity contribution in [2.75, 3.05) is 13.7 Å². The van der Waals surface area contributed by atoms with Crippen LogP contribution in [0.3, 0.4) is 0 Å². The van der Waals surface area contributed by atoms with Crippen LogP contribution in [0.4, 0.5) is 0 Å². The number of hydrogen-bond acceptors (Lipinski definition) is 4. The van der Waals surface area contributed by atoms with Crippen LogP contribution in [0, 0.1) is 16.2 Å². The summed E-state index contributed by atoms with van der Waals surface area (Å²) in [6.45, 7) is 5.49. The monoisotopic (exact) mass is 375 g/mol. The molecule has 0 heterocycles. The average Bonchev–Trinajstić information content (AvgIpc) is 2.60. The molecular weight excluding hydrogens is 346 g/mol. The molecule has 6 heteroatoms. The second-order valence-corrected chi connectivity index (χ2v) is 8.50. The minimum atomic E-state index is -1.17. The van der Waals surface area contributed by atoms with E-state index in [1.807, 2.05) is 30.3 Å². The lowest BCUT2D eigenvalue weighted by atomic mass is 9.54. The van der Waals surface area contributed by atoms with Crippen LogP contribution in [0.25, 0.3) is 0 Å². The van der Waals surface area contributed by atoms with Gasteiger partial charge in [-0.25, -0.2) is 0 Å². The molecule has 3 atom stereocenters. The Morgan fingerprint density at radius 1 is 1.00 bits per heavy atom. The summed E-state index contributed by atoms with van der Waals surface area (Å²) in [6.07, 6.45) is 1.27. The summed E-state index contributed by atoms with van der Waals surface area (Å²) in [5, 5.41) is 12.7. The zero-order valence-electron chi connectivity index (χ0n) is 16.5. The summed E-state index contributed by atoms with van der Waals surface area (Å²) in [5.74, 6) is -1.70. The normalized spacial score (nSPS) is 30.4. The molecular formula is C21H29NO5. The quantitative estimate of drug-likeness (QED) is 0.746. The maximum atomic E-state index is 13.0. The van der Waals surface area contributed by atoms with Gasteiger partial charge in [-0.05, 0) is 45.1 Å². The molecule has 0 aliphatic heterocycles. The molecule has 1 aromatic rings. The van der Waals surface area contributed by atoms with Crippen molar-refractivity contribution in [2.24, 2.45) is 16.2 Å². The molecule has 1 amide bonds. The fourth-order valence-corrected chi connectivity index (χ4v) is 4.65. The van der Waals surface area contributed by atoms with E-state index in [0.717, 1.165) is 5.56 Å². The van der Waals surface area contributed by atoms with Gasteiger partial charge in [0.1, 0.15) is 0 Å². The molecule has 0 saturated heterocycles. The number of carbonyl (C=O) groups is 3. The minimum absolute atomic E-state index is 0.148. The van der Waals surface area contributed by atoms with Gasteiger partial charge in [-0.15, -0.1) is 0 Å². The number of amides is 1. The second kappa shape index (κ2) is 7.71. The molecule has 2 rings (SSSR count). The Morgan fingerprint density at radius 3 is 2.11 bits per heavy atom. The number of methoxy groups -OCH3 is 1. The van der Waals surface area contributed by atoms with E-state index < -0.39 is 28.2 Å². The van der Waals surface area contributed by atoms with E-state index in [4.69, 9.17) is 4.74 Å². The van der Waals surface area contributed by atoms with Crippen LogP contribution in [0.15, 0.2) is 30.3 Å². The Labute approximate surface area is 160 Å². The molecule has 148 valence electrons. The van der Waals surface area contributed by atoms with Gasteiger partial charge < -0.3 is 15.2 Å². The number of rotatable bonds is 6. The summed E-state index contributed by atoms with van der Waals surface area (Å²) in [6, 6.07) is 9.81. The SMILES string of the molecule is COC(=O)[C@@]1(C)C[C@@](C)(C(=O)O)C[C@@](C)(C(=O)NCCc2ccccc2)C1. The van der Waals surface area contributed by atoms with Crippen molar-refractivity contribution >= 4 is 17.8 Å². The van der Waals surface area contributed by atoms with Crippen LogP contribution in [-0.4, -0.2) is 36.6 Å². The van der Waals surface area contributed by atoms with Crippen LogP contribution in [0.5, 0.6) is 0 Å². The van der Waals surface area contributed by atoms with Crippen LogP contribution >= 0.6 is 0 Å². The van der Waals surface area contributed by atoms with Gasteiger partial charge in [-0.2, -0.15) is 0 Å². The van der Waals surface area contributed by atoms with E-state index in [1.165, 1.54) is 7.11 Å². The van der Waals surface area contributed by atoms with Crippen molar-refractivity contribution in [1.29, 1.82) is 0 Å². The maximum Gasteiger partial charge on any atom is 0.311 e. The number of nitrogens with one attached hydrogen (secondary N) is 1. The van der Waals surface area contributed by atoms with Gasteiger partial charge in [0.2, 0.25) is 5.91 Å². The number of aliphatic carboxylic acids is 1. The first kappa shape index (κ1) is 20.9. The number of carbonyl (C=O) groups excluding carboxylic acids is 2. The Balaban J connectivity index is 2.17. The van der Waals surface area contributed by atoms with E-state index in [-0.39, 0.29) is 25.2 Å². The standard InChI is InChI=1S/C21H29NO5/c1-19(16(23)22-11-10-15-8-6-5-7-9-15)12-20(2,17(24)25)14-21(3,13-19)18(26)27-4/h5-9H,10-14H2,1-4H3,(H,22,23)(H,24,25)/t19-,20+,21-/m1/s1. The Morgan fingerprint density at radius 2 is 1.56 bits per heavy atom. The lowest BCUT2D eigenvalue weighted by Crippen LogP contribution is -2.54. The van der Waals surface area contributed by atoms with Crippen molar-refractivity contribution < 1.29 is 24.2 Å². The van der Waals surface area contributed by atoms with Gasteiger partial charge in [0, 0.05) is 12.0 Å². The highest BCUT2D eigenvalue weighted by Gasteiger charge is 2.58. The van der Waals surface area contributed by atoms with Gasteiger partial charge in [0.25, 0.3) is 0 Å². The van der Waals surface area contributed by atoms with Gasteiger partial charge >= 0.3 is 11.9 Å². The first-order valence-electron chi connectivity index (χ1n) is 9.19. The van der Waals surface area contributed by atoms with Crippen LogP contribution in [0.1, 0.15) is 45.6 Å². The smallest absolute Gasteiger partial charge is 0.311 e. The van der Waals surface area contributed by atoms with Crippen molar-refractivity contribution in [2.45, 2.75) is 46.5 Å². The Bertz CT molecular complexity index is 719. The first-order chi connectivity index (χ1) is 12.5. The highest BCUT2D eigenvalue weighted by Crippen LogP contribution is 2.55. The number of benzene rings is 1. The van der Waals surface area contributed by atoms with Crippen LogP contribution in [0.2, 0.25) is 0 Å². The Hall–Kier alpha value is -2.37. The van der Waals surface area contributed by atoms with Crippen LogP contribution in [-0.2, 0) is 25.5 Å². The number of esters is 1. The van der Waals surface area contributed by atoms with Crippen molar-refractivity contribution in [3.05, 3.63) is 35.9 Å². The number of carboxylic acids is 1. The van der Waals surface area contributed by atoms with Gasteiger partial charge in [0.15, 0.2) is 0 Å². The van der Waals surface area contributed by atoms with E-state index in [9.17, 15) is 19.5 Å². The lowest BCUT2D eigenvalue weighted by molar-refractivity contribution is -0.171. The molecule has 1 aliphatic rings. The first-order valence-corrected chi connectivity index (χ1v) is 9.19. The third-order valence-electron chi connectivity index (χ3n) is 5.63. The number of hydrogen-bond donors (Lipinski definition) is 2. The van der Waals surface area contributed by atoms with E-state index in [0.29, 0.717) is 13.0 Å². The zero-order valence-corrected chi connectivity index (χ0v) is 16.5. The summed E-state index contributed by atoms with van der Waals surface area (Å²) in [4.78, 5) is 37.2. The average molecular weight is 375 g/mol. The third kappa shape index (κ3) is 4.49. The fourth-order valence-electron chi connectivity index (χ4n) is 4.65. The molecule has 1 aliphatic carbocycles. The largest absolute Gasteiger partial charge is 0.481 e. The highest BCUT2D eigenvalue weighted by molar-refractivity contribution is 5.87. The van der Waals surface area contributed by atoms with Crippen molar-refractivity contribution in [3.8, 4) is 0 Å². The number of carboxylic acid groups (broad SMARTS) is 1. The predicted molar refractivity (Wildman–Crippen MR) is 101 cm³/mol. The number of ether oxygens (including phenoxy) is 1. The Kier molecular flexibility index (Phi) is 5.97. The molecule has 0 bridgehead atoms. The molecule has 0 aromatic heterocycles. The zero-order chi connectivity index (χ0) is 20.3. The van der Waals surface area contributed by atoms with Crippen molar-refractivity contribution in [3.63, 3.8) is 0 Å². The van der Waals surface area contributed by atoms with E-state index >= 15 is 0 Å². The molecule has 1 fully saturated rings.